The first-order valence-electron chi connectivity index (χ1n) is 7.37. The van der Waals surface area contributed by atoms with Gasteiger partial charge in [-0.15, -0.1) is 0 Å². The number of carbonyl (C=O) groups excluding carboxylic acids is 2. The Labute approximate surface area is 125 Å². The molecule has 0 aromatic heterocycles. The number of rotatable bonds is 2. The molecule has 0 radical (unpaired) electrons. The number of aliphatic hydroxyl groups is 2. The minimum atomic E-state index is -1.27. The highest BCUT2D eigenvalue weighted by Crippen LogP contribution is 2.53. The molecule has 0 bridgehead atoms. The van der Waals surface area contributed by atoms with E-state index in [0.29, 0.717) is 12.8 Å². The number of ether oxygens (including phenoxy) is 1. The monoisotopic (exact) mass is 296 g/mol. The number of carbonyl (C=O) groups is 2. The summed E-state index contributed by atoms with van der Waals surface area (Å²) in [6.45, 7) is 5.12. The van der Waals surface area contributed by atoms with Crippen molar-refractivity contribution in [1.29, 1.82) is 0 Å². The molecular formula is C16H24O5. The lowest BCUT2D eigenvalue weighted by Crippen LogP contribution is -2.60. The SMILES string of the molecule is COC(=O)[C@H](C)[C@@H]1CC[C@]2(C)C(=O)C=C[C@](C)(O)[C@@H]2[C@@H]1O. The highest BCUT2D eigenvalue weighted by atomic mass is 16.5. The number of hydrogen-bond acceptors (Lipinski definition) is 5. The molecule has 0 amide bonds. The predicted molar refractivity (Wildman–Crippen MR) is 76.3 cm³/mol. The third kappa shape index (κ3) is 2.42. The molecule has 0 spiro atoms. The van der Waals surface area contributed by atoms with Gasteiger partial charge in [-0.3, -0.25) is 9.59 Å². The number of ketones is 1. The molecule has 5 nitrogen and oxygen atoms in total. The van der Waals surface area contributed by atoms with Gasteiger partial charge in [-0.25, -0.2) is 0 Å². The van der Waals surface area contributed by atoms with E-state index < -0.39 is 29.0 Å². The lowest BCUT2D eigenvalue weighted by molar-refractivity contribution is -0.172. The standard InChI is InChI=1S/C16H24O5/c1-9(14(19)21-4)10-5-7-15(2)11(17)6-8-16(3,20)13(15)12(10)18/h6,8-10,12-13,18,20H,5,7H2,1-4H3/t9-,10+,12-,13-,15-,16+/m1/s1. The largest absolute Gasteiger partial charge is 0.469 e. The van der Waals surface area contributed by atoms with E-state index in [1.807, 2.05) is 0 Å². The topological polar surface area (TPSA) is 83.8 Å². The van der Waals surface area contributed by atoms with Crippen molar-refractivity contribution in [2.75, 3.05) is 7.11 Å². The Morgan fingerprint density at radius 2 is 2.10 bits per heavy atom. The maximum Gasteiger partial charge on any atom is 0.308 e. The van der Waals surface area contributed by atoms with Gasteiger partial charge in [0.05, 0.1) is 24.7 Å². The smallest absolute Gasteiger partial charge is 0.308 e. The maximum absolute atomic E-state index is 12.2. The summed E-state index contributed by atoms with van der Waals surface area (Å²) < 4.78 is 4.75. The molecule has 0 aromatic carbocycles. The Bertz CT molecular complexity index is 481. The molecule has 2 aliphatic carbocycles. The Morgan fingerprint density at radius 1 is 1.48 bits per heavy atom. The number of aliphatic hydroxyl groups excluding tert-OH is 1. The van der Waals surface area contributed by atoms with Gasteiger partial charge < -0.3 is 14.9 Å². The maximum atomic E-state index is 12.2. The lowest BCUT2D eigenvalue weighted by Gasteiger charge is -2.53. The van der Waals surface area contributed by atoms with Gasteiger partial charge in [0.15, 0.2) is 5.78 Å². The van der Waals surface area contributed by atoms with E-state index in [4.69, 9.17) is 4.74 Å². The molecule has 1 fully saturated rings. The van der Waals surface area contributed by atoms with E-state index in [9.17, 15) is 19.8 Å². The van der Waals surface area contributed by atoms with E-state index in [-0.39, 0.29) is 17.7 Å². The molecule has 0 aromatic rings. The highest BCUT2D eigenvalue weighted by Gasteiger charge is 2.58. The van der Waals surface area contributed by atoms with Gasteiger partial charge >= 0.3 is 5.97 Å². The van der Waals surface area contributed by atoms with Crippen molar-refractivity contribution in [3.8, 4) is 0 Å². The van der Waals surface area contributed by atoms with Crippen LogP contribution in [0.3, 0.4) is 0 Å². The molecule has 2 aliphatic rings. The number of esters is 1. The first-order chi connectivity index (χ1) is 9.65. The summed E-state index contributed by atoms with van der Waals surface area (Å²) in [5.74, 6) is -1.84. The first-order valence-corrected chi connectivity index (χ1v) is 7.37. The van der Waals surface area contributed by atoms with Crippen LogP contribution in [0, 0.1) is 23.2 Å². The Hall–Kier alpha value is -1.20. The summed E-state index contributed by atoms with van der Waals surface area (Å²) in [5.41, 5.74) is -2.05. The van der Waals surface area contributed by atoms with E-state index >= 15 is 0 Å². The van der Waals surface area contributed by atoms with E-state index in [0.717, 1.165) is 0 Å². The minimum absolute atomic E-state index is 0.0674. The van der Waals surface area contributed by atoms with Crippen LogP contribution in [0.4, 0.5) is 0 Å². The van der Waals surface area contributed by atoms with Crippen molar-refractivity contribution >= 4 is 11.8 Å². The van der Waals surface area contributed by atoms with Gasteiger partial charge in [0.1, 0.15) is 0 Å². The van der Waals surface area contributed by atoms with Crippen LogP contribution in [0.25, 0.3) is 0 Å². The van der Waals surface area contributed by atoms with Crippen molar-refractivity contribution in [1.82, 2.24) is 0 Å². The summed E-state index contributed by atoms with van der Waals surface area (Å²) in [5, 5.41) is 21.3. The van der Waals surface area contributed by atoms with E-state index in [1.165, 1.54) is 19.3 Å². The number of hydrogen-bond donors (Lipinski definition) is 2. The summed E-state index contributed by atoms with van der Waals surface area (Å²) in [6, 6.07) is 0. The zero-order valence-corrected chi connectivity index (χ0v) is 13.0. The number of allylic oxidation sites excluding steroid dienone is 1. The van der Waals surface area contributed by atoms with Gasteiger partial charge in [0, 0.05) is 11.3 Å². The Balaban J connectivity index is 2.36. The summed E-state index contributed by atoms with van der Waals surface area (Å²) >= 11 is 0. The molecule has 0 aliphatic heterocycles. The quantitative estimate of drug-likeness (QED) is 0.745. The fourth-order valence-electron chi connectivity index (χ4n) is 4.13. The number of methoxy groups -OCH3 is 1. The molecule has 2 N–H and O–H groups in total. The van der Waals surface area contributed by atoms with Crippen LogP contribution in [-0.2, 0) is 14.3 Å². The second kappa shape index (κ2) is 5.21. The average Bonchev–Trinajstić information content (AvgIpc) is 2.42. The van der Waals surface area contributed by atoms with E-state index in [1.54, 1.807) is 20.8 Å². The Morgan fingerprint density at radius 3 is 2.67 bits per heavy atom. The normalized spacial score (nSPS) is 44.1. The van der Waals surface area contributed by atoms with Crippen LogP contribution in [0.2, 0.25) is 0 Å². The fraction of sp³-hybridized carbons (Fsp3) is 0.750. The van der Waals surface area contributed by atoms with Crippen molar-refractivity contribution in [3.05, 3.63) is 12.2 Å². The van der Waals surface area contributed by atoms with Crippen LogP contribution >= 0.6 is 0 Å². The van der Waals surface area contributed by atoms with Crippen molar-refractivity contribution < 1.29 is 24.5 Å². The summed E-state index contributed by atoms with van der Waals surface area (Å²) in [4.78, 5) is 24.0. The first kappa shape index (κ1) is 16.2. The second-order valence-corrected chi connectivity index (χ2v) is 6.82. The zero-order valence-electron chi connectivity index (χ0n) is 13.0. The van der Waals surface area contributed by atoms with Gasteiger partial charge in [-0.05, 0) is 37.8 Å². The molecule has 0 saturated heterocycles. The van der Waals surface area contributed by atoms with Crippen LogP contribution in [0.5, 0.6) is 0 Å². The molecule has 0 unspecified atom stereocenters. The molecule has 1 saturated carbocycles. The fourth-order valence-corrected chi connectivity index (χ4v) is 4.13. The van der Waals surface area contributed by atoms with E-state index in [2.05, 4.69) is 0 Å². The minimum Gasteiger partial charge on any atom is -0.469 e. The third-order valence-electron chi connectivity index (χ3n) is 5.44. The second-order valence-electron chi connectivity index (χ2n) is 6.82. The van der Waals surface area contributed by atoms with Crippen molar-refractivity contribution in [2.24, 2.45) is 23.2 Å². The predicted octanol–water partition coefficient (Wildman–Crippen LogP) is 1.08. The molecule has 6 atom stereocenters. The van der Waals surface area contributed by atoms with Gasteiger partial charge in [0.2, 0.25) is 0 Å². The average molecular weight is 296 g/mol. The van der Waals surface area contributed by atoms with Crippen LogP contribution in [0.1, 0.15) is 33.6 Å². The molecular weight excluding hydrogens is 272 g/mol. The van der Waals surface area contributed by atoms with Crippen molar-refractivity contribution in [2.45, 2.75) is 45.3 Å². The third-order valence-corrected chi connectivity index (χ3v) is 5.44. The molecule has 2 rings (SSSR count). The number of fused-ring (bicyclic) bond motifs is 1. The summed E-state index contributed by atoms with van der Waals surface area (Å²) in [6.07, 6.45) is 3.03. The molecule has 5 heteroatoms. The van der Waals surface area contributed by atoms with Crippen LogP contribution in [-0.4, -0.2) is 40.8 Å². The highest BCUT2D eigenvalue weighted by molar-refractivity contribution is 5.96. The molecule has 21 heavy (non-hydrogen) atoms. The van der Waals surface area contributed by atoms with Gasteiger partial charge in [-0.2, -0.15) is 0 Å². The van der Waals surface area contributed by atoms with Crippen LogP contribution < -0.4 is 0 Å². The van der Waals surface area contributed by atoms with Gasteiger partial charge in [-0.1, -0.05) is 13.8 Å². The molecule has 118 valence electrons. The molecule has 0 heterocycles. The summed E-state index contributed by atoms with van der Waals surface area (Å²) in [7, 11) is 1.32. The zero-order chi connectivity index (χ0) is 16.0. The Kier molecular flexibility index (Phi) is 4.02. The van der Waals surface area contributed by atoms with Crippen LogP contribution in [0.15, 0.2) is 12.2 Å². The van der Waals surface area contributed by atoms with Crippen molar-refractivity contribution in [3.63, 3.8) is 0 Å². The van der Waals surface area contributed by atoms with Gasteiger partial charge in [0.25, 0.3) is 0 Å². The lowest BCUT2D eigenvalue weighted by atomic mass is 9.52.